The standard InChI is InChI=1S/C19H17N3O2S/c1-22(2)15-10-8-13(9-11-15)12-16-18(24)21-19(25-16)20-17(23)14-6-4-3-5-7-14/h3-12H,1-2H3,(H,20,21,23,24). The van der Waals surface area contributed by atoms with Crippen LogP contribution in [0.4, 0.5) is 5.69 Å². The van der Waals surface area contributed by atoms with Crippen molar-refractivity contribution in [3.8, 4) is 0 Å². The zero-order chi connectivity index (χ0) is 17.8. The van der Waals surface area contributed by atoms with Gasteiger partial charge in [-0.1, -0.05) is 30.3 Å². The van der Waals surface area contributed by atoms with E-state index in [1.54, 1.807) is 30.3 Å². The lowest BCUT2D eigenvalue weighted by atomic mass is 10.2. The van der Waals surface area contributed by atoms with E-state index in [4.69, 9.17) is 0 Å². The molecule has 1 saturated heterocycles. The Balaban J connectivity index is 1.76. The van der Waals surface area contributed by atoms with Crippen LogP contribution < -0.4 is 10.2 Å². The van der Waals surface area contributed by atoms with Crippen molar-refractivity contribution in [1.82, 2.24) is 5.32 Å². The van der Waals surface area contributed by atoms with Crippen molar-refractivity contribution in [2.45, 2.75) is 0 Å². The van der Waals surface area contributed by atoms with Crippen LogP contribution in [0.25, 0.3) is 6.08 Å². The van der Waals surface area contributed by atoms with Gasteiger partial charge in [0.05, 0.1) is 4.91 Å². The largest absolute Gasteiger partial charge is 0.378 e. The van der Waals surface area contributed by atoms with Crippen molar-refractivity contribution in [3.63, 3.8) is 0 Å². The van der Waals surface area contributed by atoms with E-state index in [0.717, 1.165) is 11.3 Å². The number of thioether (sulfide) groups is 1. The molecule has 6 heteroatoms. The molecular weight excluding hydrogens is 334 g/mol. The maximum Gasteiger partial charge on any atom is 0.279 e. The molecular formula is C19H17N3O2S. The highest BCUT2D eigenvalue weighted by Crippen LogP contribution is 2.26. The fourth-order valence-electron chi connectivity index (χ4n) is 2.24. The SMILES string of the molecule is CN(C)c1ccc(C=C2SC(=NC(=O)c3ccccc3)NC2=O)cc1. The van der Waals surface area contributed by atoms with Crippen molar-refractivity contribution in [1.29, 1.82) is 0 Å². The topological polar surface area (TPSA) is 61.8 Å². The number of nitrogens with one attached hydrogen (secondary N) is 1. The predicted molar refractivity (Wildman–Crippen MR) is 103 cm³/mol. The summed E-state index contributed by atoms with van der Waals surface area (Å²) in [5.41, 5.74) is 2.49. The Morgan fingerprint density at radius 2 is 1.76 bits per heavy atom. The number of anilines is 1. The molecule has 0 atom stereocenters. The second kappa shape index (κ2) is 7.36. The van der Waals surface area contributed by atoms with Gasteiger partial charge in [0.25, 0.3) is 11.8 Å². The summed E-state index contributed by atoms with van der Waals surface area (Å²) in [4.78, 5) is 30.7. The summed E-state index contributed by atoms with van der Waals surface area (Å²) >= 11 is 1.17. The Morgan fingerprint density at radius 1 is 1.08 bits per heavy atom. The van der Waals surface area contributed by atoms with Gasteiger partial charge in [-0.25, -0.2) is 0 Å². The zero-order valence-corrected chi connectivity index (χ0v) is 14.7. The van der Waals surface area contributed by atoms with Gasteiger partial charge in [0.2, 0.25) is 0 Å². The molecule has 0 unspecified atom stereocenters. The predicted octanol–water partition coefficient (Wildman–Crippen LogP) is 3.15. The van der Waals surface area contributed by atoms with Crippen molar-refractivity contribution in [2.24, 2.45) is 4.99 Å². The average molecular weight is 351 g/mol. The first-order valence-electron chi connectivity index (χ1n) is 7.69. The molecule has 2 amide bonds. The minimum Gasteiger partial charge on any atom is -0.378 e. The van der Waals surface area contributed by atoms with Gasteiger partial charge >= 0.3 is 0 Å². The van der Waals surface area contributed by atoms with E-state index in [1.165, 1.54) is 11.8 Å². The molecule has 2 aromatic rings. The molecule has 0 bridgehead atoms. The number of hydrogen-bond acceptors (Lipinski definition) is 4. The fraction of sp³-hybridized carbons (Fsp3) is 0.105. The zero-order valence-electron chi connectivity index (χ0n) is 13.9. The Morgan fingerprint density at radius 3 is 2.40 bits per heavy atom. The lowest BCUT2D eigenvalue weighted by Crippen LogP contribution is -2.20. The Kier molecular flexibility index (Phi) is 5.00. The quantitative estimate of drug-likeness (QED) is 0.863. The molecule has 5 nitrogen and oxygen atoms in total. The maximum absolute atomic E-state index is 12.1. The number of carbonyl (C=O) groups excluding carboxylic acids is 2. The summed E-state index contributed by atoms with van der Waals surface area (Å²) in [6, 6.07) is 16.6. The molecule has 1 aliphatic rings. The van der Waals surface area contributed by atoms with E-state index in [-0.39, 0.29) is 11.8 Å². The summed E-state index contributed by atoms with van der Waals surface area (Å²) in [5.74, 6) is -0.624. The minimum absolute atomic E-state index is 0.249. The van der Waals surface area contributed by atoms with Crippen molar-refractivity contribution in [2.75, 3.05) is 19.0 Å². The van der Waals surface area contributed by atoms with Gasteiger partial charge in [-0.2, -0.15) is 4.99 Å². The molecule has 25 heavy (non-hydrogen) atoms. The number of amidine groups is 1. The van der Waals surface area contributed by atoms with Gasteiger partial charge < -0.3 is 10.2 Å². The Hall–Kier alpha value is -2.86. The first-order valence-corrected chi connectivity index (χ1v) is 8.51. The van der Waals surface area contributed by atoms with Crippen LogP contribution in [0.2, 0.25) is 0 Å². The molecule has 3 rings (SSSR count). The fourth-order valence-corrected chi connectivity index (χ4v) is 3.06. The van der Waals surface area contributed by atoms with Crippen molar-refractivity contribution < 1.29 is 9.59 Å². The first-order chi connectivity index (χ1) is 12.0. The minimum atomic E-state index is -0.375. The highest BCUT2D eigenvalue weighted by atomic mass is 32.2. The number of aliphatic imine (C=N–C) groups is 1. The molecule has 0 aromatic heterocycles. The number of amides is 2. The lowest BCUT2D eigenvalue weighted by molar-refractivity contribution is -0.115. The molecule has 0 radical (unpaired) electrons. The highest BCUT2D eigenvalue weighted by Gasteiger charge is 2.24. The highest BCUT2D eigenvalue weighted by molar-refractivity contribution is 8.18. The van der Waals surface area contributed by atoms with Crippen LogP contribution >= 0.6 is 11.8 Å². The van der Waals surface area contributed by atoms with Gasteiger partial charge in [0.1, 0.15) is 0 Å². The molecule has 1 N–H and O–H groups in total. The van der Waals surface area contributed by atoms with Crippen LogP contribution in [0, 0.1) is 0 Å². The number of hydrogen-bond donors (Lipinski definition) is 1. The smallest absolute Gasteiger partial charge is 0.279 e. The van der Waals surface area contributed by atoms with E-state index in [9.17, 15) is 9.59 Å². The van der Waals surface area contributed by atoms with Crippen LogP contribution in [-0.4, -0.2) is 31.1 Å². The third-order valence-corrected chi connectivity index (χ3v) is 4.49. The number of rotatable bonds is 3. The van der Waals surface area contributed by atoms with E-state index in [1.807, 2.05) is 49.3 Å². The Bertz CT molecular complexity index is 856. The molecule has 1 fully saturated rings. The summed E-state index contributed by atoms with van der Waals surface area (Å²) in [7, 11) is 3.94. The normalized spacial score (nSPS) is 17.0. The van der Waals surface area contributed by atoms with Gasteiger partial charge in [-0.3, -0.25) is 9.59 Å². The van der Waals surface area contributed by atoms with Gasteiger partial charge in [-0.15, -0.1) is 0 Å². The second-order valence-electron chi connectivity index (χ2n) is 5.64. The molecule has 2 aromatic carbocycles. The summed E-state index contributed by atoms with van der Waals surface area (Å²) in [6.07, 6.45) is 1.79. The van der Waals surface area contributed by atoms with Crippen LogP contribution in [0.1, 0.15) is 15.9 Å². The monoisotopic (exact) mass is 351 g/mol. The van der Waals surface area contributed by atoms with Crippen LogP contribution in [0.3, 0.4) is 0 Å². The van der Waals surface area contributed by atoms with Gasteiger partial charge in [0, 0.05) is 25.3 Å². The van der Waals surface area contributed by atoms with E-state index < -0.39 is 0 Å². The van der Waals surface area contributed by atoms with Gasteiger partial charge in [0.15, 0.2) is 5.17 Å². The lowest BCUT2D eigenvalue weighted by Gasteiger charge is -2.11. The van der Waals surface area contributed by atoms with E-state index in [0.29, 0.717) is 15.6 Å². The maximum atomic E-state index is 12.1. The average Bonchev–Trinajstić information content (AvgIpc) is 2.95. The van der Waals surface area contributed by atoms with Crippen LogP contribution in [-0.2, 0) is 4.79 Å². The summed E-state index contributed by atoms with van der Waals surface area (Å²) < 4.78 is 0. The molecule has 1 aliphatic heterocycles. The van der Waals surface area contributed by atoms with Crippen molar-refractivity contribution >= 4 is 40.5 Å². The molecule has 126 valence electrons. The van der Waals surface area contributed by atoms with Crippen LogP contribution in [0.15, 0.2) is 64.5 Å². The molecule has 0 aliphatic carbocycles. The molecule has 1 heterocycles. The molecule has 0 spiro atoms. The first kappa shape index (κ1) is 17.0. The number of benzene rings is 2. The summed E-state index contributed by atoms with van der Waals surface area (Å²) in [5, 5.41) is 2.93. The third kappa shape index (κ3) is 4.16. The molecule has 0 saturated carbocycles. The van der Waals surface area contributed by atoms with Crippen molar-refractivity contribution in [3.05, 3.63) is 70.6 Å². The van der Waals surface area contributed by atoms with E-state index >= 15 is 0 Å². The third-order valence-electron chi connectivity index (χ3n) is 3.58. The number of nitrogens with zero attached hydrogens (tertiary/aromatic N) is 2. The van der Waals surface area contributed by atoms with Crippen LogP contribution in [0.5, 0.6) is 0 Å². The Labute approximate surface area is 150 Å². The summed E-state index contributed by atoms with van der Waals surface area (Å²) in [6.45, 7) is 0. The van der Waals surface area contributed by atoms with E-state index in [2.05, 4.69) is 10.3 Å². The second-order valence-corrected chi connectivity index (χ2v) is 6.67. The number of carbonyl (C=O) groups is 2. The van der Waals surface area contributed by atoms with Gasteiger partial charge in [-0.05, 0) is 47.7 Å².